The summed E-state index contributed by atoms with van der Waals surface area (Å²) in [4.78, 5) is 15.4. The maximum absolute atomic E-state index is 11.3. The third-order valence-electron chi connectivity index (χ3n) is 2.11. The van der Waals surface area contributed by atoms with E-state index in [0.29, 0.717) is 5.82 Å². The monoisotopic (exact) mass is 176 g/mol. The predicted octanol–water partition coefficient (Wildman–Crippen LogP) is 1.74. The molecule has 0 saturated heterocycles. The Bertz CT molecular complexity index is 314. The van der Waals surface area contributed by atoms with Crippen LogP contribution in [0, 0.1) is 12.8 Å². The van der Waals surface area contributed by atoms with Gasteiger partial charge in [-0.15, -0.1) is 0 Å². The van der Waals surface area contributed by atoms with E-state index in [2.05, 4.69) is 10.3 Å². The van der Waals surface area contributed by atoms with Crippen molar-refractivity contribution in [2.24, 2.45) is 5.92 Å². The summed E-state index contributed by atoms with van der Waals surface area (Å²) in [5.41, 5.74) is 1.10. The predicted molar refractivity (Wildman–Crippen MR) is 50.3 cm³/mol. The van der Waals surface area contributed by atoms with Crippen molar-refractivity contribution in [3.8, 4) is 0 Å². The minimum absolute atomic E-state index is 0.108. The first-order valence-corrected chi connectivity index (χ1v) is 4.49. The molecule has 0 aromatic carbocycles. The highest BCUT2D eigenvalue weighted by Crippen LogP contribution is 2.29. The van der Waals surface area contributed by atoms with Crippen molar-refractivity contribution >= 4 is 11.7 Å². The molecule has 1 saturated carbocycles. The normalized spacial score (nSPS) is 15.5. The second-order valence-electron chi connectivity index (χ2n) is 3.48. The second kappa shape index (κ2) is 3.17. The molecule has 68 valence electrons. The lowest BCUT2D eigenvalue weighted by atomic mass is 10.3. The van der Waals surface area contributed by atoms with Gasteiger partial charge in [-0.1, -0.05) is 6.07 Å². The Hall–Kier alpha value is -1.38. The zero-order chi connectivity index (χ0) is 9.26. The Balaban J connectivity index is 2.00. The SMILES string of the molecule is Cc1ccc(NC(=O)C2CC2)nc1. The molecule has 1 aliphatic carbocycles. The molecule has 0 spiro atoms. The van der Waals surface area contributed by atoms with E-state index in [1.807, 2.05) is 19.1 Å². The van der Waals surface area contributed by atoms with Crippen LogP contribution in [0.5, 0.6) is 0 Å². The standard InChI is InChI=1S/C10H12N2O/c1-7-2-5-9(11-6-7)12-10(13)8-3-4-8/h2,5-6,8H,3-4H2,1H3,(H,11,12,13). The first kappa shape index (κ1) is 8.23. The van der Waals surface area contributed by atoms with Gasteiger partial charge in [0, 0.05) is 12.1 Å². The van der Waals surface area contributed by atoms with Gasteiger partial charge in [0.2, 0.25) is 5.91 Å². The first-order chi connectivity index (χ1) is 6.25. The van der Waals surface area contributed by atoms with Crippen molar-refractivity contribution < 1.29 is 4.79 Å². The van der Waals surface area contributed by atoms with Gasteiger partial charge >= 0.3 is 0 Å². The van der Waals surface area contributed by atoms with Gasteiger partial charge < -0.3 is 5.32 Å². The topological polar surface area (TPSA) is 42.0 Å². The van der Waals surface area contributed by atoms with Gasteiger partial charge in [0.05, 0.1) is 0 Å². The molecule has 1 heterocycles. The van der Waals surface area contributed by atoms with Crippen LogP contribution in [0.1, 0.15) is 18.4 Å². The Kier molecular flexibility index (Phi) is 2.00. The molecular weight excluding hydrogens is 164 g/mol. The zero-order valence-electron chi connectivity index (χ0n) is 7.58. The van der Waals surface area contributed by atoms with Crippen LogP contribution in [0.3, 0.4) is 0 Å². The van der Waals surface area contributed by atoms with Crippen molar-refractivity contribution in [3.05, 3.63) is 23.9 Å². The first-order valence-electron chi connectivity index (χ1n) is 4.49. The van der Waals surface area contributed by atoms with E-state index >= 15 is 0 Å². The summed E-state index contributed by atoms with van der Waals surface area (Å²) >= 11 is 0. The molecule has 0 atom stereocenters. The Morgan fingerprint density at radius 1 is 1.54 bits per heavy atom. The number of hydrogen-bond acceptors (Lipinski definition) is 2. The highest BCUT2D eigenvalue weighted by molar-refractivity contribution is 5.93. The van der Waals surface area contributed by atoms with Crippen LogP contribution in [-0.2, 0) is 4.79 Å². The summed E-state index contributed by atoms with van der Waals surface area (Å²) in [5.74, 6) is 1.00. The quantitative estimate of drug-likeness (QED) is 0.745. The van der Waals surface area contributed by atoms with Crippen LogP contribution < -0.4 is 5.32 Å². The lowest BCUT2D eigenvalue weighted by Gasteiger charge is -2.02. The number of rotatable bonds is 2. The zero-order valence-corrected chi connectivity index (χ0v) is 7.58. The molecule has 1 fully saturated rings. The second-order valence-corrected chi connectivity index (χ2v) is 3.48. The number of carbonyl (C=O) groups is 1. The van der Waals surface area contributed by atoms with Gasteiger partial charge in [0.1, 0.15) is 5.82 Å². The van der Waals surface area contributed by atoms with Crippen molar-refractivity contribution in [2.75, 3.05) is 5.32 Å². The molecule has 0 radical (unpaired) electrons. The maximum atomic E-state index is 11.3. The molecule has 1 N–H and O–H groups in total. The minimum atomic E-state index is 0.108. The van der Waals surface area contributed by atoms with E-state index in [0.717, 1.165) is 18.4 Å². The van der Waals surface area contributed by atoms with Crippen LogP contribution in [0.2, 0.25) is 0 Å². The van der Waals surface area contributed by atoms with Crippen LogP contribution in [0.4, 0.5) is 5.82 Å². The molecule has 0 aliphatic heterocycles. The third-order valence-corrected chi connectivity index (χ3v) is 2.11. The van der Waals surface area contributed by atoms with Gasteiger partial charge in [0.25, 0.3) is 0 Å². The molecule has 13 heavy (non-hydrogen) atoms. The molecule has 3 heteroatoms. The smallest absolute Gasteiger partial charge is 0.228 e. The third kappa shape index (κ3) is 2.05. The van der Waals surface area contributed by atoms with E-state index in [1.165, 1.54) is 0 Å². The van der Waals surface area contributed by atoms with Gasteiger partial charge in [0.15, 0.2) is 0 Å². The molecular formula is C10H12N2O. The lowest BCUT2D eigenvalue weighted by Crippen LogP contribution is -2.14. The Morgan fingerprint density at radius 2 is 2.31 bits per heavy atom. The number of carbonyl (C=O) groups excluding carboxylic acids is 1. The van der Waals surface area contributed by atoms with Crippen LogP contribution >= 0.6 is 0 Å². The highest BCUT2D eigenvalue weighted by atomic mass is 16.2. The van der Waals surface area contributed by atoms with E-state index in [-0.39, 0.29) is 11.8 Å². The van der Waals surface area contributed by atoms with Crippen molar-refractivity contribution in [1.82, 2.24) is 4.98 Å². The Labute approximate surface area is 77.2 Å². The van der Waals surface area contributed by atoms with Crippen molar-refractivity contribution in [2.45, 2.75) is 19.8 Å². The molecule has 1 aromatic rings. The summed E-state index contributed by atoms with van der Waals surface area (Å²) < 4.78 is 0. The van der Waals surface area contributed by atoms with E-state index in [1.54, 1.807) is 6.20 Å². The van der Waals surface area contributed by atoms with E-state index < -0.39 is 0 Å². The summed E-state index contributed by atoms with van der Waals surface area (Å²) in [6.07, 6.45) is 3.80. The number of nitrogens with zero attached hydrogens (tertiary/aromatic N) is 1. The molecule has 1 aromatic heterocycles. The average molecular weight is 176 g/mol. The fourth-order valence-corrected chi connectivity index (χ4v) is 1.12. The van der Waals surface area contributed by atoms with Gasteiger partial charge in [-0.3, -0.25) is 4.79 Å². The molecule has 1 aliphatic rings. The number of hydrogen-bond donors (Lipinski definition) is 1. The molecule has 1 amide bonds. The number of pyridine rings is 1. The van der Waals surface area contributed by atoms with E-state index in [4.69, 9.17) is 0 Å². The number of nitrogens with one attached hydrogen (secondary N) is 1. The number of aromatic nitrogens is 1. The molecule has 0 bridgehead atoms. The maximum Gasteiger partial charge on any atom is 0.228 e. The van der Waals surface area contributed by atoms with Gasteiger partial charge in [-0.2, -0.15) is 0 Å². The Morgan fingerprint density at radius 3 is 2.85 bits per heavy atom. The van der Waals surface area contributed by atoms with Gasteiger partial charge in [-0.05, 0) is 31.4 Å². The fourth-order valence-electron chi connectivity index (χ4n) is 1.12. The minimum Gasteiger partial charge on any atom is -0.310 e. The van der Waals surface area contributed by atoms with Crippen molar-refractivity contribution in [1.29, 1.82) is 0 Å². The number of anilines is 1. The molecule has 2 rings (SSSR count). The largest absolute Gasteiger partial charge is 0.310 e. The van der Waals surface area contributed by atoms with Crippen molar-refractivity contribution in [3.63, 3.8) is 0 Å². The average Bonchev–Trinajstić information content (AvgIpc) is 2.91. The van der Waals surface area contributed by atoms with Crippen LogP contribution in [-0.4, -0.2) is 10.9 Å². The lowest BCUT2D eigenvalue weighted by molar-refractivity contribution is -0.117. The summed E-state index contributed by atoms with van der Waals surface area (Å²) in [5, 5.41) is 2.78. The summed E-state index contributed by atoms with van der Waals surface area (Å²) in [7, 11) is 0. The highest BCUT2D eigenvalue weighted by Gasteiger charge is 2.29. The fraction of sp³-hybridized carbons (Fsp3) is 0.400. The summed E-state index contributed by atoms with van der Waals surface area (Å²) in [6.45, 7) is 1.97. The number of aryl methyl sites for hydroxylation is 1. The van der Waals surface area contributed by atoms with Crippen LogP contribution in [0.25, 0.3) is 0 Å². The van der Waals surface area contributed by atoms with E-state index in [9.17, 15) is 4.79 Å². The number of amides is 1. The van der Waals surface area contributed by atoms with Crippen LogP contribution in [0.15, 0.2) is 18.3 Å². The molecule has 0 unspecified atom stereocenters. The molecule has 3 nitrogen and oxygen atoms in total. The summed E-state index contributed by atoms with van der Waals surface area (Å²) in [6, 6.07) is 3.77. The van der Waals surface area contributed by atoms with Gasteiger partial charge in [-0.25, -0.2) is 4.98 Å².